The number of nitrogens with two attached hydrogens (primary N) is 1. The number of hydrogen-bond donors (Lipinski definition) is 1. The SMILES string of the molecule is CN1CC2(CCCc3sc(-c4cccc(C(F)(F)F)c4)cc32)N=C1N. The summed E-state index contributed by atoms with van der Waals surface area (Å²) in [5.41, 5.74) is 6.75. The van der Waals surface area contributed by atoms with Crippen LogP contribution in [-0.2, 0) is 18.1 Å². The first-order chi connectivity index (χ1) is 11.8. The number of guanidine groups is 1. The fourth-order valence-electron chi connectivity index (χ4n) is 3.77. The molecule has 0 saturated heterocycles. The number of aryl methyl sites for hydroxylation is 1. The normalized spacial score (nSPS) is 23.0. The van der Waals surface area contributed by atoms with Crippen LogP contribution in [0, 0.1) is 0 Å². The lowest BCUT2D eigenvalue weighted by molar-refractivity contribution is -0.137. The van der Waals surface area contributed by atoms with E-state index >= 15 is 0 Å². The Kier molecular flexibility index (Phi) is 3.61. The summed E-state index contributed by atoms with van der Waals surface area (Å²) in [6.07, 6.45) is -1.45. The number of alkyl halides is 3. The van der Waals surface area contributed by atoms with Crippen LogP contribution < -0.4 is 5.73 Å². The molecule has 1 aromatic carbocycles. The molecule has 2 heterocycles. The molecule has 25 heavy (non-hydrogen) atoms. The average molecular weight is 365 g/mol. The fourth-order valence-corrected chi connectivity index (χ4v) is 5.06. The van der Waals surface area contributed by atoms with E-state index in [1.807, 2.05) is 18.0 Å². The summed E-state index contributed by atoms with van der Waals surface area (Å²) in [5, 5.41) is 0. The molecule has 7 heteroatoms. The van der Waals surface area contributed by atoms with Crippen LogP contribution in [0.3, 0.4) is 0 Å². The van der Waals surface area contributed by atoms with E-state index in [9.17, 15) is 13.2 Å². The van der Waals surface area contributed by atoms with Gasteiger partial charge in [0.25, 0.3) is 0 Å². The Bertz CT molecular complexity index is 855. The second-order valence-corrected chi connectivity index (χ2v) is 7.87. The van der Waals surface area contributed by atoms with Crippen LogP contribution in [0.15, 0.2) is 35.3 Å². The number of benzene rings is 1. The Morgan fingerprint density at radius 2 is 2.08 bits per heavy atom. The molecule has 2 aromatic rings. The predicted molar refractivity (Wildman–Crippen MR) is 93.6 cm³/mol. The summed E-state index contributed by atoms with van der Waals surface area (Å²) in [7, 11) is 1.92. The molecular weight excluding hydrogens is 347 g/mol. The van der Waals surface area contributed by atoms with Crippen molar-refractivity contribution in [3.63, 3.8) is 0 Å². The molecular formula is C18H18F3N3S. The number of thiophene rings is 1. The Labute approximate surface area is 148 Å². The standard InChI is InChI=1S/C18H18F3N3S/c1-24-10-17(23-16(24)22)7-3-6-14-13(17)9-15(25-14)11-4-2-5-12(8-11)18(19,20)21/h2,4-5,8-9H,3,6-7,10H2,1H3,(H2,22,23). The lowest BCUT2D eigenvalue weighted by atomic mass is 9.80. The molecule has 3 nitrogen and oxygen atoms in total. The van der Waals surface area contributed by atoms with Gasteiger partial charge in [-0.15, -0.1) is 11.3 Å². The first kappa shape index (κ1) is 16.4. The van der Waals surface area contributed by atoms with Gasteiger partial charge in [0.2, 0.25) is 0 Å². The van der Waals surface area contributed by atoms with E-state index in [4.69, 9.17) is 10.7 Å². The lowest BCUT2D eigenvalue weighted by Crippen LogP contribution is -2.35. The maximum absolute atomic E-state index is 13.0. The Hall–Kier alpha value is -2.02. The van der Waals surface area contributed by atoms with Gasteiger partial charge in [0.1, 0.15) is 5.54 Å². The summed E-state index contributed by atoms with van der Waals surface area (Å²) in [6.45, 7) is 0.727. The molecule has 1 atom stereocenters. The van der Waals surface area contributed by atoms with Crippen LogP contribution in [0.4, 0.5) is 13.2 Å². The van der Waals surface area contributed by atoms with E-state index in [1.54, 1.807) is 17.4 Å². The lowest BCUT2D eigenvalue weighted by Gasteiger charge is -2.31. The smallest absolute Gasteiger partial charge is 0.370 e. The number of halogens is 3. The molecule has 2 N–H and O–H groups in total. The first-order valence-corrected chi connectivity index (χ1v) is 8.97. The van der Waals surface area contributed by atoms with Gasteiger partial charge in [0.05, 0.1) is 5.56 Å². The van der Waals surface area contributed by atoms with Crippen molar-refractivity contribution in [2.24, 2.45) is 10.7 Å². The van der Waals surface area contributed by atoms with Gasteiger partial charge in [-0.1, -0.05) is 12.1 Å². The Morgan fingerprint density at radius 3 is 2.76 bits per heavy atom. The molecule has 0 amide bonds. The fraction of sp³-hybridized carbons (Fsp3) is 0.389. The quantitative estimate of drug-likeness (QED) is 0.822. The maximum Gasteiger partial charge on any atom is 0.416 e. The summed E-state index contributed by atoms with van der Waals surface area (Å²) >= 11 is 1.58. The van der Waals surface area contributed by atoms with Gasteiger partial charge in [-0.2, -0.15) is 13.2 Å². The topological polar surface area (TPSA) is 41.6 Å². The number of nitrogens with zero attached hydrogens (tertiary/aromatic N) is 2. The maximum atomic E-state index is 13.0. The van der Waals surface area contributed by atoms with Crippen LogP contribution in [0.25, 0.3) is 10.4 Å². The monoisotopic (exact) mass is 365 g/mol. The van der Waals surface area contributed by atoms with Crippen molar-refractivity contribution in [3.05, 3.63) is 46.3 Å². The van der Waals surface area contributed by atoms with Gasteiger partial charge in [0.15, 0.2) is 5.96 Å². The third-order valence-electron chi connectivity index (χ3n) is 5.00. The van der Waals surface area contributed by atoms with Crippen molar-refractivity contribution < 1.29 is 13.2 Å². The van der Waals surface area contributed by atoms with Gasteiger partial charge in [0, 0.05) is 23.3 Å². The van der Waals surface area contributed by atoms with E-state index in [2.05, 4.69) is 0 Å². The number of aliphatic imine (C=N–C) groups is 1. The van der Waals surface area contributed by atoms with Gasteiger partial charge >= 0.3 is 6.18 Å². The third kappa shape index (κ3) is 2.70. The molecule has 0 fully saturated rings. The van der Waals surface area contributed by atoms with Gasteiger partial charge < -0.3 is 10.6 Å². The van der Waals surface area contributed by atoms with E-state index in [0.717, 1.165) is 42.3 Å². The van der Waals surface area contributed by atoms with Crippen LogP contribution in [0.5, 0.6) is 0 Å². The average Bonchev–Trinajstić information content (AvgIpc) is 3.10. The number of likely N-dealkylation sites (N-methyl/N-ethyl adjacent to an activating group) is 1. The zero-order chi connectivity index (χ0) is 17.8. The molecule has 0 radical (unpaired) electrons. The van der Waals surface area contributed by atoms with Crippen LogP contribution >= 0.6 is 11.3 Å². The van der Waals surface area contributed by atoms with Gasteiger partial charge in [-0.25, -0.2) is 4.99 Å². The highest BCUT2D eigenvalue weighted by molar-refractivity contribution is 7.15. The zero-order valence-corrected chi connectivity index (χ0v) is 14.5. The van der Waals surface area contributed by atoms with Crippen molar-refractivity contribution in [3.8, 4) is 10.4 Å². The van der Waals surface area contributed by atoms with Gasteiger partial charge in [-0.3, -0.25) is 0 Å². The van der Waals surface area contributed by atoms with Crippen LogP contribution in [-0.4, -0.2) is 24.5 Å². The molecule has 1 aromatic heterocycles. The van der Waals surface area contributed by atoms with E-state index < -0.39 is 11.7 Å². The molecule has 1 spiro atoms. The molecule has 4 rings (SSSR count). The predicted octanol–water partition coefficient (Wildman–Crippen LogP) is 4.23. The van der Waals surface area contributed by atoms with Crippen molar-refractivity contribution >= 4 is 17.3 Å². The largest absolute Gasteiger partial charge is 0.416 e. The summed E-state index contributed by atoms with van der Waals surface area (Å²) in [5.74, 6) is 0.527. The molecule has 2 aliphatic rings. The minimum absolute atomic E-state index is 0.344. The third-order valence-corrected chi connectivity index (χ3v) is 6.24. The number of fused-ring (bicyclic) bond motifs is 2. The highest BCUT2D eigenvalue weighted by Gasteiger charge is 2.43. The number of rotatable bonds is 1. The van der Waals surface area contributed by atoms with Crippen molar-refractivity contribution in [2.45, 2.75) is 31.0 Å². The minimum atomic E-state index is -4.33. The first-order valence-electron chi connectivity index (χ1n) is 8.16. The highest BCUT2D eigenvalue weighted by atomic mass is 32.1. The Morgan fingerprint density at radius 1 is 1.28 bits per heavy atom. The van der Waals surface area contributed by atoms with Crippen LogP contribution in [0.2, 0.25) is 0 Å². The summed E-state index contributed by atoms with van der Waals surface area (Å²) in [6, 6.07) is 7.55. The summed E-state index contributed by atoms with van der Waals surface area (Å²) in [4.78, 5) is 8.73. The minimum Gasteiger partial charge on any atom is -0.370 e. The second-order valence-electron chi connectivity index (χ2n) is 6.74. The Balaban J connectivity index is 1.78. The second kappa shape index (κ2) is 5.49. The number of hydrogen-bond acceptors (Lipinski definition) is 4. The van der Waals surface area contributed by atoms with Crippen molar-refractivity contribution in [1.82, 2.24) is 4.90 Å². The van der Waals surface area contributed by atoms with E-state index in [1.165, 1.54) is 17.0 Å². The molecule has 1 aliphatic carbocycles. The molecule has 0 saturated carbocycles. The zero-order valence-electron chi connectivity index (χ0n) is 13.7. The molecule has 1 unspecified atom stereocenters. The highest BCUT2D eigenvalue weighted by Crippen LogP contribution is 2.47. The van der Waals surface area contributed by atoms with Gasteiger partial charge in [-0.05, 0) is 48.6 Å². The van der Waals surface area contributed by atoms with Crippen molar-refractivity contribution in [1.29, 1.82) is 0 Å². The van der Waals surface area contributed by atoms with Crippen molar-refractivity contribution in [2.75, 3.05) is 13.6 Å². The van der Waals surface area contributed by atoms with Crippen LogP contribution in [0.1, 0.15) is 28.8 Å². The van der Waals surface area contributed by atoms with E-state index in [-0.39, 0.29) is 5.54 Å². The molecule has 1 aliphatic heterocycles. The molecule has 0 bridgehead atoms. The summed E-state index contributed by atoms with van der Waals surface area (Å²) < 4.78 is 39.0. The molecule has 132 valence electrons. The van der Waals surface area contributed by atoms with E-state index in [0.29, 0.717) is 11.5 Å².